The molecular weight excluding hydrogens is 338 g/mol. The smallest absolute Gasteiger partial charge is 0.167 e. The third kappa shape index (κ3) is 2.10. The van der Waals surface area contributed by atoms with Crippen molar-refractivity contribution in [2.24, 2.45) is 0 Å². The topological polar surface area (TPSA) is 72.0 Å². The second-order valence-corrected chi connectivity index (χ2v) is 6.40. The fourth-order valence-corrected chi connectivity index (χ4v) is 3.47. The van der Waals surface area contributed by atoms with E-state index < -0.39 is 0 Å². The van der Waals surface area contributed by atoms with E-state index in [9.17, 15) is 0 Å². The van der Waals surface area contributed by atoms with E-state index in [1.54, 1.807) is 0 Å². The monoisotopic (exact) mass is 351 g/mol. The summed E-state index contributed by atoms with van der Waals surface area (Å²) in [5, 5.41) is 5.15. The average molecular weight is 351 g/mol. The van der Waals surface area contributed by atoms with Crippen LogP contribution in [0.3, 0.4) is 0 Å². The van der Waals surface area contributed by atoms with Crippen molar-refractivity contribution in [3.8, 4) is 22.8 Å². The molecule has 6 rings (SSSR count). The Balaban J connectivity index is 1.57. The number of benzene rings is 2. The van der Waals surface area contributed by atoms with Crippen LogP contribution in [0.2, 0.25) is 0 Å². The third-order valence-corrected chi connectivity index (χ3v) is 4.77. The first-order chi connectivity index (χ1) is 13.4. The van der Waals surface area contributed by atoms with Crippen LogP contribution in [0.15, 0.2) is 77.6 Å². The van der Waals surface area contributed by atoms with Crippen molar-refractivity contribution in [2.45, 2.75) is 0 Å². The Morgan fingerprint density at radius 3 is 2.81 bits per heavy atom. The summed E-state index contributed by atoms with van der Waals surface area (Å²) in [4.78, 5) is 12.9. The molecule has 0 aliphatic carbocycles. The van der Waals surface area contributed by atoms with Crippen LogP contribution >= 0.6 is 0 Å². The van der Waals surface area contributed by atoms with Crippen LogP contribution in [0, 0.1) is 0 Å². The highest BCUT2D eigenvalue weighted by Crippen LogP contribution is 2.31. The summed E-state index contributed by atoms with van der Waals surface area (Å²) in [5.41, 5.74) is 6.02. The zero-order valence-corrected chi connectivity index (χ0v) is 14.1. The lowest BCUT2D eigenvalue weighted by molar-refractivity contribution is 0.459. The van der Waals surface area contributed by atoms with Crippen LogP contribution in [0.25, 0.3) is 50.4 Å². The van der Waals surface area contributed by atoms with Gasteiger partial charge in [-0.05, 0) is 36.4 Å². The molecule has 0 saturated heterocycles. The number of nitrogens with one attached hydrogen (secondary N) is 1. The minimum absolute atomic E-state index is 0.686. The SMILES string of the molecule is c1cc(-c2ccn3cccc3n2)c2nc(-c3noc4ccccc34)[nH]c2c1. The van der Waals surface area contributed by atoms with E-state index in [0.717, 1.165) is 38.9 Å². The van der Waals surface area contributed by atoms with Gasteiger partial charge in [-0.15, -0.1) is 0 Å². The number of H-pyrrole nitrogens is 1. The van der Waals surface area contributed by atoms with Crippen molar-refractivity contribution in [3.63, 3.8) is 0 Å². The summed E-state index contributed by atoms with van der Waals surface area (Å²) in [6, 6.07) is 19.8. The highest BCUT2D eigenvalue weighted by atomic mass is 16.5. The molecular formula is C21H13N5O. The van der Waals surface area contributed by atoms with E-state index in [0.29, 0.717) is 11.5 Å². The van der Waals surface area contributed by atoms with Gasteiger partial charge in [-0.25, -0.2) is 9.97 Å². The zero-order valence-electron chi connectivity index (χ0n) is 14.1. The van der Waals surface area contributed by atoms with Crippen molar-refractivity contribution in [2.75, 3.05) is 0 Å². The molecule has 0 aliphatic rings. The minimum Gasteiger partial charge on any atom is -0.356 e. The lowest BCUT2D eigenvalue weighted by Gasteiger charge is -2.03. The standard InChI is InChI=1S/C21H13N5O/c1-2-8-17-14(5-1)20(25-27-17)21-23-16-7-3-6-13(19(16)24-21)15-10-12-26-11-4-9-18(26)22-15/h1-12H,(H,23,24). The maximum atomic E-state index is 5.43. The first-order valence-electron chi connectivity index (χ1n) is 8.64. The molecule has 0 bridgehead atoms. The lowest BCUT2D eigenvalue weighted by Crippen LogP contribution is -1.90. The number of hydrogen-bond donors (Lipinski definition) is 1. The van der Waals surface area contributed by atoms with E-state index >= 15 is 0 Å². The molecule has 0 aliphatic heterocycles. The number of para-hydroxylation sites is 2. The first-order valence-corrected chi connectivity index (χ1v) is 8.64. The summed E-state index contributed by atoms with van der Waals surface area (Å²) >= 11 is 0. The Morgan fingerprint density at radius 2 is 1.81 bits per heavy atom. The predicted molar refractivity (Wildman–Crippen MR) is 103 cm³/mol. The number of hydrogen-bond acceptors (Lipinski definition) is 4. The highest BCUT2D eigenvalue weighted by Gasteiger charge is 2.16. The van der Waals surface area contributed by atoms with Gasteiger partial charge in [-0.2, -0.15) is 0 Å². The van der Waals surface area contributed by atoms with Crippen molar-refractivity contribution >= 4 is 27.6 Å². The molecule has 2 aromatic carbocycles. The minimum atomic E-state index is 0.686. The van der Waals surface area contributed by atoms with Gasteiger partial charge in [-0.3, -0.25) is 0 Å². The molecule has 6 nitrogen and oxygen atoms in total. The molecule has 0 spiro atoms. The molecule has 4 aromatic heterocycles. The van der Waals surface area contributed by atoms with Crippen LogP contribution in [0.5, 0.6) is 0 Å². The van der Waals surface area contributed by atoms with Crippen molar-refractivity contribution in [1.29, 1.82) is 0 Å². The summed E-state index contributed by atoms with van der Waals surface area (Å²) in [6.07, 6.45) is 3.99. The van der Waals surface area contributed by atoms with Gasteiger partial charge in [0.05, 0.1) is 22.1 Å². The van der Waals surface area contributed by atoms with Gasteiger partial charge in [-0.1, -0.05) is 29.4 Å². The zero-order chi connectivity index (χ0) is 17.8. The number of fused-ring (bicyclic) bond motifs is 3. The Morgan fingerprint density at radius 1 is 0.852 bits per heavy atom. The molecule has 0 saturated carbocycles. The van der Waals surface area contributed by atoms with E-state index in [4.69, 9.17) is 14.5 Å². The molecule has 0 radical (unpaired) electrons. The Kier molecular flexibility index (Phi) is 2.79. The second-order valence-electron chi connectivity index (χ2n) is 6.40. The van der Waals surface area contributed by atoms with Crippen LogP contribution in [-0.2, 0) is 0 Å². The first kappa shape index (κ1) is 14.3. The van der Waals surface area contributed by atoms with Crippen LogP contribution in [-0.4, -0.2) is 24.5 Å². The number of rotatable bonds is 2. The summed E-state index contributed by atoms with van der Waals surface area (Å²) in [5.74, 6) is 0.686. The van der Waals surface area contributed by atoms with Gasteiger partial charge < -0.3 is 13.9 Å². The number of nitrogens with zero attached hydrogens (tertiary/aromatic N) is 4. The van der Waals surface area contributed by atoms with Gasteiger partial charge in [0.1, 0.15) is 5.65 Å². The van der Waals surface area contributed by atoms with Crippen molar-refractivity contribution < 1.29 is 4.52 Å². The normalized spacial score (nSPS) is 11.7. The molecule has 6 heteroatoms. The number of imidazole rings is 1. The van der Waals surface area contributed by atoms with E-state index in [1.807, 2.05) is 77.5 Å². The molecule has 128 valence electrons. The maximum absolute atomic E-state index is 5.43. The van der Waals surface area contributed by atoms with Gasteiger partial charge in [0, 0.05) is 18.0 Å². The highest BCUT2D eigenvalue weighted by molar-refractivity contribution is 5.96. The maximum Gasteiger partial charge on any atom is 0.167 e. The molecule has 6 aromatic rings. The number of aromatic amines is 1. The van der Waals surface area contributed by atoms with Crippen LogP contribution in [0.4, 0.5) is 0 Å². The molecule has 0 fully saturated rings. The average Bonchev–Trinajstić information content (AvgIpc) is 3.43. The fourth-order valence-electron chi connectivity index (χ4n) is 3.47. The molecule has 0 atom stereocenters. The Labute approximate surface area is 153 Å². The summed E-state index contributed by atoms with van der Waals surface area (Å²) in [6.45, 7) is 0. The van der Waals surface area contributed by atoms with E-state index in [2.05, 4.69) is 10.1 Å². The molecule has 27 heavy (non-hydrogen) atoms. The Hall–Kier alpha value is -3.93. The molecule has 0 unspecified atom stereocenters. The second kappa shape index (κ2) is 5.28. The van der Waals surface area contributed by atoms with Crippen LogP contribution in [0.1, 0.15) is 0 Å². The van der Waals surface area contributed by atoms with Gasteiger partial charge in [0.25, 0.3) is 0 Å². The third-order valence-electron chi connectivity index (χ3n) is 4.77. The van der Waals surface area contributed by atoms with Gasteiger partial charge >= 0.3 is 0 Å². The molecule has 0 amide bonds. The van der Waals surface area contributed by atoms with Gasteiger partial charge in [0.15, 0.2) is 17.1 Å². The quantitative estimate of drug-likeness (QED) is 0.491. The Bertz CT molecular complexity index is 1440. The largest absolute Gasteiger partial charge is 0.356 e. The van der Waals surface area contributed by atoms with Crippen LogP contribution < -0.4 is 0 Å². The van der Waals surface area contributed by atoms with E-state index in [-0.39, 0.29) is 0 Å². The van der Waals surface area contributed by atoms with Gasteiger partial charge in [0.2, 0.25) is 0 Å². The molecule has 1 N–H and O–H groups in total. The van der Waals surface area contributed by atoms with Crippen molar-refractivity contribution in [3.05, 3.63) is 73.1 Å². The number of aromatic nitrogens is 5. The summed E-state index contributed by atoms with van der Waals surface area (Å²) in [7, 11) is 0. The lowest BCUT2D eigenvalue weighted by atomic mass is 10.1. The predicted octanol–water partition coefficient (Wildman–Crippen LogP) is 4.69. The van der Waals surface area contributed by atoms with E-state index in [1.165, 1.54) is 0 Å². The summed E-state index contributed by atoms with van der Waals surface area (Å²) < 4.78 is 7.42. The molecule has 4 heterocycles. The van der Waals surface area contributed by atoms with Crippen molar-refractivity contribution in [1.82, 2.24) is 24.5 Å². The fraction of sp³-hybridized carbons (Fsp3) is 0.